The maximum atomic E-state index is 11.2. The summed E-state index contributed by atoms with van der Waals surface area (Å²) in [5.41, 5.74) is 1.58. The summed E-state index contributed by atoms with van der Waals surface area (Å²) in [5.74, 6) is -0.889. The SMILES string of the molecule is CCC(C)(C(=O)NOO)S(C)(=O)=O. The highest BCUT2D eigenvalue weighted by Gasteiger charge is 2.42. The molecular weight excluding hydrogens is 198 g/mol. The van der Waals surface area contributed by atoms with Gasteiger partial charge in [-0.05, 0) is 13.3 Å². The van der Waals surface area contributed by atoms with E-state index in [1.54, 1.807) is 12.4 Å². The minimum Gasteiger partial charge on any atom is -0.271 e. The Morgan fingerprint density at radius 1 is 1.62 bits per heavy atom. The zero-order valence-electron chi connectivity index (χ0n) is 7.70. The van der Waals surface area contributed by atoms with Gasteiger partial charge in [-0.15, -0.1) is 4.99 Å². The standard InChI is InChI=1S/C6H13NO5S/c1-4-6(2,13(3,10)11)5(8)7-12-9/h9H,4H2,1-3H3,(H,7,8). The van der Waals surface area contributed by atoms with E-state index < -0.39 is 20.5 Å². The first-order valence-electron chi connectivity index (χ1n) is 3.60. The van der Waals surface area contributed by atoms with Crippen molar-refractivity contribution >= 4 is 15.7 Å². The summed E-state index contributed by atoms with van der Waals surface area (Å²) in [6.07, 6.45) is 1.05. The van der Waals surface area contributed by atoms with Gasteiger partial charge in [0.2, 0.25) is 0 Å². The molecule has 0 aromatic rings. The van der Waals surface area contributed by atoms with E-state index >= 15 is 0 Å². The fourth-order valence-corrected chi connectivity index (χ4v) is 1.64. The van der Waals surface area contributed by atoms with Gasteiger partial charge in [-0.1, -0.05) is 6.92 Å². The normalized spacial score (nSPS) is 16.3. The van der Waals surface area contributed by atoms with Crippen LogP contribution in [-0.4, -0.2) is 30.6 Å². The maximum absolute atomic E-state index is 11.2. The molecule has 0 fully saturated rings. The Kier molecular flexibility index (Phi) is 3.83. The molecule has 13 heavy (non-hydrogen) atoms. The van der Waals surface area contributed by atoms with Crippen molar-refractivity contribution in [3.05, 3.63) is 0 Å². The lowest BCUT2D eigenvalue weighted by Crippen LogP contribution is -2.49. The van der Waals surface area contributed by atoms with E-state index in [1.165, 1.54) is 6.92 Å². The van der Waals surface area contributed by atoms with Crippen molar-refractivity contribution in [2.24, 2.45) is 0 Å². The van der Waals surface area contributed by atoms with E-state index in [4.69, 9.17) is 5.26 Å². The van der Waals surface area contributed by atoms with E-state index in [9.17, 15) is 13.2 Å². The van der Waals surface area contributed by atoms with Crippen molar-refractivity contribution in [2.45, 2.75) is 25.0 Å². The molecule has 0 radical (unpaired) electrons. The first-order valence-corrected chi connectivity index (χ1v) is 5.49. The predicted molar refractivity (Wildman–Crippen MR) is 45.4 cm³/mol. The Hall–Kier alpha value is -0.660. The van der Waals surface area contributed by atoms with Crippen LogP contribution in [0.2, 0.25) is 0 Å². The number of hydroxylamine groups is 1. The second-order valence-corrected chi connectivity index (χ2v) is 5.32. The number of amides is 1. The van der Waals surface area contributed by atoms with Crippen LogP contribution in [-0.2, 0) is 19.6 Å². The molecule has 6 nitrogen and oxygen atoms in total. The third kappa shape index (κ3) is 2.39. The fourth-order valence-electron chi connectivity index (χ4n) is 0.741. The first-order chi connectivity index (χ1) is 5.79. The molecule has 0 saturated heterocycles. The maximum Gasteiger partial charge on any atom is 0.267 e. The van der Waals surface area contributed by atoms with Gasteiger partial charge in [0.05, 0.1) is 0 Å². The predicted octanol–water partition coefficient (Wildman–Crippen LogP) is -0.280. The lowest BCUT2D eigenvalue weighted by atomic mass is 10.1. The van der Waals surface area contributed by atoms with Gasteiger partial charge in [-0.3, -0.25) is 4.79 Å². The lowest BCUT2D eigenvalue weighted by Gasteiger charge is -2.23. The van der Waals surface area contributed by atoms with Crippen molar-refractivity contribution in [2.75, 3.05) is 6.26 Å². The highest BCUT2D eigenvalue weighted by Crippen LogP contribution is 2.20. The number of carbonyl (C=O) groups excluding carboxylic acids is 1. The molecule has 1 amide bonds. The molecule has 0 heterocycles. The smallest absolute Gasteiger partial charge is 0.267 e. The molecule has 0 rings (SSSR count). The summed E-state index contributed by atoms with van der Waals surface area (Å²) in [4.78, 5) is 14.6. The third-order valence-electron chi connectivity index (χ3n) is 2.11. The summed E-state index contributed by atoms with van der Waals surface area (Å²) in [6.45, 7) is 2.81. The van der Waals surface area contributed by atoms with Gasteiger partial charge < -0.3 is 0 Å². The van der Waals surface area contributed by atoms with Gasteiger partial charge in [0.25, 0.3) is 5.91 Å². The largest absolute Gasteiger partial charge is 0.271 e. The molecule has 0 aromatic heterocycles. The van der Waals surface area contributed by atoms with Crippen LogP contribution in [0.25, 0.3) is 0 Å². The van der Waals surface area contributed by atoms with Crippen LogP contribution < -0.4 is 5.48 Å². The van der Waals surface area contributed by atoms with Crippen LogP contribution in [0.15, 0.2) is 0 Å². The topological polar surface area (TPSA) is 92.7 Å². The highest BCUT2D eigenvalue weighted by molar-refractivity contribution is 7.92. The van der Waals surface area contributed by atoms with Crippen LogP contribution in [0, 0.1) is 0 Å². The molecule has 7 heteroatoms. The highest BCUT2D eigenvalue weighted by atomic mass is 32.2. The first kappa shape index (κ1) is 12.3. The average molecular weight is 211 g/mol. The van der Waals surface area contributed by atoms with Gasteiger partial charge in [0, 0.05) is 6.26 Å². The van der Waals surface area contributed by atoms with Gasteiger partial charge in [0.15, 0.2) is 9.84 Å². The molecule has 78 valence electrons. The zero-order chi connectivity index (χ0) is 10.7. The Morgan fingerprint density at radius 2 is 2.08 bits per heavy atom. The summed E-state index contributed by atoms with van der Waals surface area (Å²) in [5, 5.41) is 7.93. The molecule has 0 aliphatic carbocycles. The molecule has 1 unspecified atom stereocenters. The molecule has 0 bridgehead atoms. The minimum atomic E-state index is -3.54. The summed E-state index contributed by atoms with van der Waals surface area (Å²) < 4.78 is 20.8. The summed E-state index contributed by atoms with van der Waals surface area (Å²) in [7, 11) is -3.54. The van der Waals surface area contributed by atoms with E-state index in [0.29, 0.717) is 0 Å². The molecule has 0 aromatic carbocycles. The van der Waals surface area contributed by atoms with Crippen LogP contribution in [0.1, 0.15) is 20.3 Å². The van der Waals surface area contributed by atoms with Crippen molar-refractivity contribution < 1.29 is 23.5 Å². The Morgan fingerprint density at radius 3 is 2.31 bits per heavy atom. The Balaban J connectivity index is 4.96. The lowest BCUT2D eigenvalue weighted by molar-refractivity contribution is -0.285. The molecule has 0 aliphatic heterocycles. The number of carbonyl (C=O) groups is 1. The number of hydrogen-bond acceptors (Lipinski definition) is 5. The Bertz CT molecular complexity index is 285. The van der Waals surface area contributed by atoms with Crippen molar-refractivity contribution in [1.82, 2.24) is 5.48 Å². The van der Waals surface area contributed by atoms with Crippen molar-refractivity contribution in [1.29, 1.82) is 0 Å². The van der Waals surface area contributed by atoms with E-state index in [-0.39, 0.29) is 6.42 Å². The van der Waals surface area contributed by atoms with Gasteiger partial charge >= 0.3 is 0 Å². The van der Waals surface area contributed by atoms with Crippen molar-refractivity contribution in [3.63, 3.8) is 0 Å². The zero-order valence-corrected chi connectivity index (χ0v) is 8.51. The second kappa shape index (κ2) is 4.03. The van der Waals surface area contributed by atoms with Gasteiger partial charge in [0.1, 0.15) is 4.75 Å². The number of sulfone groups is 1. The number of rotatable bonds is 4. The minimum absolute atomic E-state index is 0.0982. The summed E-state index contributed by atoms with van der Waals surface area (Å²) in [6, 6.07) is 0. The molecule has 0 aliphatic rings. The van der Waals surface area contributed by atoms with E-state index in [1.807, 2.05) is 0 Å². The monoisotopic (exact) mass is 211 g/mol. The fraction of sp³-hybridized carbons (Fsp3) is 0.833. The average Bonchev–Trinajstić information content (AvgIpc) is 2.01. The van der Waals surface area contributed by atoms with Crippen LogP contribution in [0.5, 0.6) is 0 Å². The van der Waals surface area contributed by atoms with Crippen molar-refractivity contribution in [3.8, 4) is 0 Å². The number of nitrogens with one attached hydrogen (secondary N) is 1. The molecular formula is C6H13NO5S. The third-order valence-corrected chi connectivity index (χ3v) is 4.22. The van der Waals surface area contributed by atoms with Crippen LogP contribution in [0.4, 0.5) is 0 Å². The molecule has 0 spiro atoms. The molecule has 2 N–H and O–H groups in total. The Labute approximate surface area is 76.7 Å². The van der Waals surface area contributed by atoms with Gasteiger partial charge in [-0.25, -0.2) is 19.2 Å². The van der Waals surface area contributed by atoms with Crippen LogP contribution in [0.3, 0.4) is 0 Å². The molecule has 1 atom stereocenters. The van der Waals surface area contributed by atoms with E-state index in [0.717, 1.165) is 6.26 Å². The quantitative estimate of drug-likeness (QED) is 0.493. The van der Waals surface area contributed by atoms with Gasteiger partial charge in [-0.2, -0.15) is 0 Å². The van der Waals surface area contributed by atoms with E-state index in [2.05, 4.69) is 4.99 Å². The molecule has 0 saturated carbocycles. The number of hydrogen-bond donors (Lipinski definition) is 2. The summed E-state index contributed by atoms with van der Waals surface area (Å²) >= 11 is 0. The second-order valence-electron chi connectivity index (χ2n) is 2.88. The van der Waals surface area contributed by atoms with Crippen LogP contribution >= 0.6 is 0 Å².